The average Bonchev–Trinajstić information content (AvgIpc) is 2.80. The van der Waals surface area contributed by atoms with Gasteiger partial charge in [0.1, 0.15) is 6.04 Å². The number of hydrogen-bond donors (Lipinski definition) is 2. The van der Waals surface area contributed by atoms with Gasteiger partial charge in [0, 0.05) is 5.69 Å². The standard InChI is InChI=1S/C13H17NO2/c15-13(16)12(10-6-4-5-7-10)14-11-8-2-1-3-9-11/h1-3,8-10,12,14H,4-7H2,(H,15,16). The number of benzene rings is 1. The fourth-order valence-corrected chi connectivity index (χ4v) is 2.39. The second-order valence-electron chi connectivity index (χ2n) is 4.37. The Hall–Kier alpha value is -1.51. The van der Waals surface area contributed by atoms with Crippen molar-refractivity contribution in [2.45, 2.75) is 31.7 Å². The van der Waals surface area contributed by atoms with Crippen LogP contribution in [0.3, 0.4) is 0 Å². The molecule has 2 N–H and O–H groups in total. The summed E-state index contributed by atoms with van der Waals surface area (Å²) < 4.78 is 0. The SMILES string of the molecule is O=C(O)C(Nc1ccccc1)C1CCCC1. The van der Waals surface area contributed by atoms with E-state index >= 15 is 0 Å². The summed E-state index contributed by atoms with van der Waals surface area (Å²) in [6.07, 6.45) is 4.36. The van der Waals surface area contributed by atoms with Crippen molar-refractivity contribution in [3.63, 3.8) is 0 Å². The number of rotatable bonds is 4. The predicted octanol–water partition coefficient (Wildman–Crippen LogP) is 2.74. The molecule has 0 aromatic heterocycles. The molecule has 1 aromatic rings. The maximum Gasteiger partial charge on any atom is 0.326 e. The highest BCUT2D eigenvalue weighted by Crippen LogP contribution is 2.29. The van der Waals surface area contributed by atoms with Crippen LogP contribution in [0.1, 0.15) is 25.7 Å². The van der Waals surface area contributed by atoms with Crippen molar-refractivity contribution >= 4 is 11.7 Å². The quantitative estimate of drug-likeness (QED) is 0.818. The van der Waals surface area contributed by atoms with Crippen LogP contribution < -0.4 is 5.32 Å². The fraction of sp³-hybridized carbons (Fsp3) is 0.462. The first-order chi connectivity index (χ1) is 7.77. The average molecular weight is 219 g/mol. The Bertz CT molecular complexity index is 344. The van der Waals surface area contributed by atoms with Gasteiger partial charge in [-0.3, -0.25) is 0 Å². The second-order valence-corrected chi connectivity index (χ2v) is 4.37. The molecule has 3 heteroatoms. The van der Waals surface area contributed by atoms with Crippen LogP contribution in [0.15, 0.2) is 30.3 Å². The van der Waals surface area contributed by atoms with Gasteiger partial charge in [-0.15, -0.1) is 0 Å². The smallest absolute Gasteiger partial charge is 0.326 e. The molecule has 86 valence electrons. The summed E-state index contributed by atoms with van der Waals surface area (Å²) in [5.74, 6) is -0.464. The number of carboxylic acid groups (broad SMARTS) is 1. The Morgan fingerprint density at radius 2 is 1.88 bits per heavy atom. The summed E-state index contributed by atoms with van der Waals surface area (Å²) >= 11 is 0. The monoisotopic (exact) mass is 219 g/mol. The number of carboxylic acids is 1. The molecule has 0 amide bonds. The van der Waals surface area contributed by atoms with Gasteiger partial charge < -0.3 is 10.4 Å². The molecule has 1 aromatic carbocycles. The van der Waals surface area contributed by atoms with E-state index in [0.717, 1.165) is 31.4 Å². The molecule has 0 spiro atoms. The highest BCUT2D eigenvalue weighted by Gasteiger charge is 2.30. The first kappa shape index (κ1) is 11.0. The number of anilines is 1. The molecule has 2 rings (SSSR count). The third kappa shape index (κ3) is 2.54. The molecule has 1 aliphatic rings. The van der Waals surface area contributed by atoms with Crippen LogP contribution in [-0.2, 0) is 4.79 Å². The lowest BCUT2D eigenvalue weighted by molar-refractivity contribution is -0.139. The Morgan fingerprint density at radius 3 is 2.44 bits per heavy atom. The van der Waals surface area contributed by atoms with Gasteiger partial charge in [-0.05, 0) is 30.9 Å². The first-order valence-electron chi connectivity index (χ1n) is 5.82. The molecule has 1 aliphatic carbocycles. The maximum absolute atomic E-state index is 11.2. The molecule has 1 unspecified atom stereocenters. The number of nitrogens with one attached hydrogen (secondary N) is 1. The van der Waals surface area contributed by atoms with Crippen LogP contribution in [0, 0.1) is 5.92 Å². The summed E-state index contributed by atoms with van der Waals surface area (Å²) in [6, 6.07) is 9.13. The van der Waals surface area contributed by atoms with E-state index in [1.54, 1.807) is 0 Å². The van der Waals surface area contributed by atoms with Crippen molar-refractivity contribution in [2.75, 3.05) is 5.32 Å². The van der Waals surface area contributed by atoms with Crippen LogP contribution >= 0.6 is 0 Å². The Morgan fingerprint density at radius 1 is 1.25 bits per heavy atom. The lowest BCUT2D eigenvalue weighted by atomic mass is 9.98. The van der Waals surface area contributed by atoms with Gasteiger partial charge in [0.15, 0.2) is 0 Å². The molecule has 1 saturated carbocycles. The normalized spacial score (nSPS) is 18.2. The van der Waals surface area contributed by atoms with E-state index in [1.807, 2.05) is 30.3 Å². The Labute approximate surface area is 95.5 Å². The van der Waals surface area contributed by atoms with E-state index in [2.05, 4.69) is 5.32 Å². The lowest BCUT2D eigenvalue weighted by Gasteiger charge is -2.21. The molecular weight excluding hydrogens is 202 g/mol. The fourth-order valence-electron chi connectivity index (χ4n) is 2.39. The maximum atomic E-state index is 11.2. The van der Waals surface area contributed by atoms with Crippen LogP contribution in [0.5, 0.6) is 0 Å². The van der Waals surface area contributed by atoms with E-state index in [-0.39, 0.29) is 5.92 Å². The minimum absolute atomic E-state index is 0.276. The molecule has 1 atom stereocenters. The topological polar surface area (TPSA) is 49.3 Å². The molecule has 0 saturated heterocycles. The van der Waals surface area contributed by atoms with E-state index in [4.69, 9.17) is 0 Å². The number of aliphatic carboxylic acids is 1. The third-order valence-electron chi connectivity index (χ3n) is 3.23. The molecule has 0 radical (unpaired) electrons. The van der Waals surface area contributed by atoms with E-state index in [0.29, 0.717) is 0 Å². The minimum atomic E-state index is -0.740. The zero-order chi connectivity index (χ0) is 11.4. The van der Waals surface area contributed by atoms with Crippen molar-refractivity contribution in [3.05, 3.63) is 30.3 Å². The molecule has 0 aliphatic heterocycles. The van der Waals surface area contributed by atoms with Gasteiger partial charge in [-0.2, -0.15) is 0 Å². The molecule has 0 heterocycles. The van der Waals surface area contributed by atoms with Crippen LogP contribution in [-0.4, -0.2) is 17.1 Å². The molecular formula is C13H17NO2. The summed E-state index contributed by atoms with van der Waals surface area (Å²) in [4.78, 5) is 11.2. The minimum Gasteiger partial charge on any atom is -0.480 e. The van der Waals surface area contributed by atoms with E-state index in [1.165, 1.54) is 0 Å². The largest absolute Gasteiger partial charge is 0.480 e. The van der Waals surface area contributed by atoms with Crippen molar-refractivity contribution in [1.82, 2.24) is 0 Å². The van der Waals surface area contributed by atoms with Crippen LogP contribution in [0.4, 0.5) is 5.69 Å². The van der Waals surface area contributed by atoms with Gasteiger partial charge in [0.2, 0.25) is 0 Å². The van der Waals surface area contributed by atoms with E-state index in [9.17, 15) is 9.90 Å². The first-order valence-corrected chi connectivity index (χ1v) is 5.82. The summed E-state index contributed by atoms with van der Waals surface area (Å²) in [6.45, 7) is 0. The number of hydrogen-bond acceptors (Lipinski definition) is 2. The predicted molar refractivity (Wildman–Crippen MR) is 63.4 cm³/mol. The molecule has 3 nitrogen and oxygen atoms in total. The second kappa shape index (κ2) is 5.01. The highest BCUT2D eigenvalue weighted by atomic mass is 16.4. The van der Waals surface area contributed by atoms with Crippen LogP contribution in [0.25, 0.3) is 0 Å². The van der Waals surface area contributed by atoms with Gasteiger partial charge in [-0.25, -0.2) is 4.79 Å². The number of para-hydroxylation sites is 1. The van der Waals surface area contributed by atoms with Gasteiger partial charge in [0.25, 0.3) is 0 Å². The van der Waals surface area contributed by atoms with Gasteiger partial charge in [0.05, 0.1) is 0 Å². The summed E-state index contributed by atoms with van der Waals surface area (Å²) in [5.41, 5.74) is 0.891. The summed E-state index contributed by atoms with van der Waals surface area (Å²) in [7, 11) is 0. The molecule has 1 fully saturated rings. The Balaban J connectivity index is 2.05. The summed E-state index contributed by atoms with van der Waals surface area (Å²) in [5, 5.41) is 12.4. The van der Waals surface area contributed by atoms with Crippen molar-refractivity contribution < 1.29 is 9.90 Å². The van der Waals surface area contributed by atoms with Gasteiger partial charge in [-0.1, -0.05) is 31.0 Å². The molecule has 0 bridgehead atoms. The van der Waals surface area contributed by atoms with Crippen molar-refractivity contribution in [3.8, 4) is 0 Å². The van der Waals surface area contributed by atoms with Gasteiger partial charge >= 0.3 is 5.97 Å². The lowest BCUT2D eigenvalue weighted by Crippen LogP contribution is -2.35. The number of carbonyl (C=O) groups is 1. The van der Waals surface area contributed by atoms with E-state index < -0.39 is 12.0 Å². The van der Waals surface area contributed by atoms with Crippen LogP contribution in [0.2, 0.25) is 0 Å². The molecule has 16 heavy (non-hydrogen) atoms. The third-order valence-corrected chi connectivity index (χ3v) is 3.23. The zero-order valence-corrected chi connectivity index (χ0v) is 9.23. The highest BCUT2D eigenvalue weighted by molar-refractivity contribution is 5.77. The zero-order valence-electron chi connectivity index (χ0n) is 9.23. The van der Waals surface area contributed by atoms with Crippen molar-refractivity contribution in [1.29, 1.82) is 0 Å². The Kier molecular flexibility index (Phi) is 3.44. The van der Waals surface area contributed by atoms with Crippen molar-refractivity contribution in [2.24, 2.45) is 5.92 Å².